The maximum Gasteiger partial charge on any atom is 0.336 e. The second kappa shape index (κ2) is 8.09. The number of rotatable bonds is 8. The summed E-state index contributed by atoms with van der Waals surface area (Å²) in [6.45, 7) is 4.87. The maximum atomic E-state index is 11.3. The van der Waals surface area contributed by atoms with Crippen molar-refractivity contribution in [2.45, 2.75) is 25.9 Å². The number of carbonyl (C=O) groups excluding carboxylic acids is 1. The van der Waals surface area contributed by atoms with Crippen molar-refractivity contribution < 1.29 is 34.4 Å². The SMILES string of the molecule is C=C(C)C(=O)OCCC(O)Cc1cccc(C(=O)O)c1C(=O)O. The number of hydrogen-bond acceptors (Lipinski definition) is 5. The number of carboxylic acids is 2. The van der Waals surface area contributed by atoms with Crippen molar-refractivity contribution in [2.24, 2.45) is 0 Å². The van der Waals surface area contributed by atoms with E-state index >= 15 is 0 Å². The van der Waals surface area contributed by atoms with Crippen molar-refractivity contribution in [2.75, 3.05) is 6.61 Å². The predicted octanol–water partition coefficient (Wildman–Crippen LogP) is 1.50. The van der Waals surface area contributed by atoms with Crippen molar-refractivity contribution in [1.29, 1.82) is 0 Å². The second-order valence-electron chi connectivity index (χ2n) is 5.01. The summed E-state index contributed by atoms with van der Waals surface area (Å²) in [4.78, 5) is 33.6. The Labute approximate surface area is 132 Å². The molecule has 1 aromatic rings. The quantitative estimate of drug-likeness (QED) is 0.490. The highest BCUT2D eigenvalue weighted by Gasteiger charge is 2.21. The molecule has 7 nitrogen and oxygen atoms in total. The van der Waals surface area contributed by atoms with Crippen LogP contribution in [0.3, 0.4) is 0 Å². The Morgan fingerprint density at radius 3 is 2.39 bits per heavy atom. The van der Waals surface area contributed by atoms with Crippen LogP contribution in [0.4, 0.5) is 0 Å². The van der Waals surface area contributed by atoms with Crippen LogP contribution in [0.5, 0.6) is 0 Å². The van der Waals surface area contributed by atoms with Crippen molar-refractivity contribution in [3.05, 3.63) is 47.0 Å². The Hall–Kier alpha value is -2.67. The monoisotopic (exact) mass is 322 g/mol. The first-order valence-electron chi connectivity index (χ1n) is 6.83. The molecule has 3 N–H and O–H groups in total. The number of aliphatic hydroxyl groups is 1. The van der Waals surface area contributed by atoms with E-state index in [4.69, 9.17) is 9.84 Å². The first-order chi connectivity index (χ1) is 10.7. The van der Waals surface area contributed by atoms with E-state index in [1.807, 2.05) is 0 Å². The van der Waals surface area contributed by atoms with Crippen LogP contribution < -0.4 is 0 Å². The van der Waals surface area contributed by atoms with Gasteiger partial charge in [-0.25, -0.2) is 14.4 Å². The van der Waals surface area contributed by atoms with Crippen LogP contribution in [0.15, 0.2) is 30.4 Å². The van der Waals surface area contributed by atoms with Crippen LogP contribution in [-0.4, -0.2) is 45.9 Å². The molecule has 0 heterocycles. The second-order valence-corrected chi connectivity index (χ2v) is 5.01. The lowest BCUT2D eigenvalue weighted by Crippen LogP contribution is -2.19. The summed E-state index contributed by atoms with van der Waals surface area (Å²) in [6.07, 6.45) is -0.946. The van der Waals surface area contributed by atoms with E-state index in [9.17, 15) is 24.6 Å². The Morgan fingerprint density at radius 2 is 1.87 bits per heavy atom. The number of hydrogen-bond donors (Lipinski definition) is 3. The lowest BCUT2D eigenvalue weighted by Gasteiger charge is -2.14. The molecule has 1 atom stereocenters. The van der Waals surface area contributed by atoms with E-state index in [-0.39, 0.29) is 41.7 Å². The number of carboxylic acid groups (broad SMARTS) is 2. The number of carbonyl (C=O) groups is 3. The van der Waals surface area contributed by atoms with E-state index in [0.29, 0.717) is 0 Å². The molecule has 0 aliphatic rings. The average Bonchev–Trinajstić information content (AvgIpc) is 2.46. The van der Waals surface area contributed by atoms with E-state index < -0.39 is 24.0 Å². The topological polar surface area (TPSA) is 121 Å². The number of esters is 1. The molecule has 124 valence electrons. The van der Waals surface area contributed by atoms with Crippen molar-refractivity contribution in [3.8, 4) is 0 Å². The lowest BCUT2D eigenvalue weighted by molar-refractivity contribution is -0.139. The predicted molar refractivity (Wildman–Crippen MR) is 80.5 cm³/mol. The van der Waals surface area contributed by atoms with Crippen molar-refractivity contribution >= 4 is 17.9 Å². The summed E-state index contributed by atoms with van der Waals surface area (Å²) in [7, 11) is 0. The third-order valence-electron chi connectivity index (χ3n) is 3.08. The molecule has 0 aliphatic carbocycles. The minimum atomic E-state index is -1.38. The molecule has 0 aliphatic heterocycles. The van der Waals surface area contributed by atoms with Crippen LogP contribution >= 0.6 is 0 Å². The Kier molecular flexibility index (Phi) is 6.47. The van der Waals surface area contributed by atoms with Gasteiger partial charge in [0.05, 0.1) is 23.8 Å². The zero-order valence-electron chi connectivity index (χ0n) is 12.6. The van der Waals surface area contributed by atoms with Gasteiger partial charge in [0.15, 0.2) is 0 Å². The molecule has 0 radical (unpaired) electrons. The molecule has 1 aromatic carbocycles. The molecule has 0 amide bonds. The van der Waals surface area contributed by atoms with Crippen molar-refractivity contribution in [1.82, 2.24) is 0 Å². The molecule has 1 rings (SSSR count). The first-order valence-corrected chi connectivity index (χ1v) is 6.83. The molecule has 7 heteroatoms. The van der Waals surface area contributed by atoms with Gasteiger partial charge in [-0.15, -0.1) is 0 Å². The van der Waals surface area contributed by atoms with Crippen LogP contribution in [0.25, 0.3) is 0 Å². The fourth-order valence-corrected chi connectivity index (χ4v) is 1.97. The molecule has 1 unspecified atom stereocenters. The number of aliphatic hydroxyl groups excluding tert-OH is 1. The highest BCUT2D eigenvalue weighted by atomic mass is 16.5. The average molecular weight is 322 g/mol. The number of ether oxygens (including phenoxy) is 1. The third-order valence-corrected chi connectivity index (χ3v) is 3.08. The molecule has 0 bridgehead atoms. The summed E-state index contributed by atoms with van der Waals surface area (Å²) in [5.41, 5.74) is -0.244. The fourth-order valence-electron chi connectivity index (χ4n) is 1.97. The molecule has 23 heavy (non-hydrogen) atoms. The van der Waals surface area contributed by atoms with E-state index in [0.717, 1.165) is 0 Å². The van der Waals surface area contributed by atoms with Gasteiger partial charge in [-0.3, -0.25) is 0 Å². The van der Waals surface area contributed by atoms with Gasteiger partial charge in [-0.05, 0) is 25.0 Å². The number of aromatic carboxylic acids is 2. The molecule has 0 saturated carbocycles. The largest absolute Gasteiger partial charge is 0.478 e. The zero-order valence-corrected chi connectivity index (χ0v) is 12.6. The standard InChI is InChI=1S/C16H18O7/c1-9(2)16(22)23-7-6-11(17)8-10-4-3-5-12(14(18)19)13(10)15(20)21/h3-5,11,17H,1,6-8H2,2H3,(H,18,19)(H,20,21). The van der Waals surface area contributed by atoms with E-state index in [1.165, 1.54) is 25.1 Å². The zero-order chi connectivity index (χ0) is 17.6. The summed E-state index contributed by atoms with van der Waals surface area (Å²) in [5.74, 6) is -3.30. The van der Waals surface area contributed by atoms with Gasteiger partial charge >= 0.3 is 17.9 Å². The highest BCUT2D eigenvalue weighted by molar-refractivity contribution is 6.02. The van der Waals surface area contributed by atoms with Gasteiger partial charge in [-0.1, -0.05) is 18.7 Å². The summed E-state index contributed by atoms with van der Waals surface area (Å²) in [5, 5.41) is 28.2. The summed E-state index contributed by atoms with van der Waals surface area (Å²) >= 11 is 0. The molecule has 0 aromatic heterocycles. The van der Waals surface area contributed by atoms with Gasteiger partial charge in [0.1, 0.15) is 0 Å². The molecule has 0 fully saturated rings. The Balaban J connectivity index is 2.78. The highest BCUT2D eigenvalue weighted by Crippen LogP contribution is 2.18. The summed E-state index contributed by atoms with van der Waals surface area (Å²) in [6, 6.07) is 4.05. The van der Waals surface area contributed by atoms with E-state index in [1.54, 1.807) is 0 Å². The van der Waals surface area contributed by atoms with Gasteiger partial charge < -0.3 is 20.1 Å². The molecule has 0 saturated heterocycles. The van der Waals surface area contributed by atoms with Crippen LogP contribution in [-0.2, 0) is 16.0 Å². The normalized spacial score (nSPS) is 11.6. The van der Waals surface area contributed by atoms with Crippen LogP contribution in [0, 0.1) is 0 Å². The van der Waals surface area contributed by atoms with Gasteiger partial charge in [0.25, 0.3) is 0 Å². The minimum absolute atomic E-state index is 0.0477. The molecule has 0 spiro atoms. The maximum absolute atomic E-state index is 11.3. The van der Waals surface area contributed by atoms with Crippen LogP contribution in [0.1, 0.15) is 39.6 Å². The molecular weight excluding hydrogens is 304 g/mol. The third kappa shape index (κ3) is 5.23. The lowest BCUT2D eigenvalue weighted by atomic mass is 9.96. The Bertz CT molecular complexity index is 633. The first kappa shape index (κ1) is 18.4. The van der Waals surface area contributed by atoms with Gasteiger partial charge in [0.2, 0.25) is 0 Å². The van der Waals surface area contributed by atoms with Crippen LogP contribution in [0.2, 0.25) is 0 Å². The van der Waals surface area contributed by atoms with E-state index in [2.05, 4.69) is 6.58 Å². The molecular formula is C16H18O7. The Morgan fingerprint density at radius 1 is 1.22 bits per heavy atom. The smallest absolute Gasteiger partial charge is 0.336 e. The number of benzene rings is 1. The summed E-state index contributed by atoms with van der Waals surface area (Å²) < 4.78 is 4.84. The minimum Gasteiger partial charge on any atom is -0.478 e. The van der Waals surface area contributed by atoms with Gasteiger partial charge in [0, 0.05) is 12.0 Å². The fraction of sp³-hybridized carbons (Fsp3) is 0.312. The van der Waals surface area contributed by atoms with Crippen molar-refractivity contribution in [3.63, 3.8) is 0 Å². The van der Waals surface area contributed by atoms with Gasteiger partial charge in [-0.2, -0.15) is 0 Å².